The molecule has 1 aliphatic heterocycles. The van der Waals surface area contributed by atoms with Crippen molar-refractivity contribution < 1.29 is 5.11 Å². The number of nitrogens with zero attached hydrogens (tertiary/aromatic N) is 1. The van der Waals surface area contributed by atoms with Crippen LogP contribution in [0.3, 0.4) is 0 Å². The van der Waals surface area contributed by atoms with Crippen molar-refractivity contribution in [2.75, 3.05) is 20.1 Å². The van der Waals surface area contributed by atoms with Gasteiger partial charge in [-0.2, -0.15) is 0 Å². The summed E-state index contributed by atoms with van der Waals surface area (Å²) in [6.45, 7) is 6.48. The monoisotopic (exact) mass is 171 g/mol. The van der Waals surface area contributed by atoms with Crippen molar-refractivity contribution >= 4 is 0 Å². The fourth-order valence-corrected chi connectivity index (χ4v) is 2.31. The van der Waals surface area contributed by atoms with E-state index in [1.54, 1.807) is 0 Å². The van der Waals surface area contributed by atoms with Gasteiger partial charge in [0.25, 0.3) is 0 Å². The van der Waals surface area contributed by atoms with Crippen LogP contribution in [0.25, 0.3) is 0 Å². The molecule has 0 aromatic rings. The minimum Gasteiger partial charge on any atom is -0.392 e. The smallest absolute Gasteiger partial charge is 0.0618 e. The molecular weight excluding hydrogens is 150 g/mol. The van der Waals surface area contributed by atoms with E-state index in [0.29, 0.717) is 0 Å². The Labute approximate surface area is 75.6 Å². The van der Waals surface area contributed by atoms with E-state index in [1.165, 1.54) is 6.42 Å². The summed E-state index contributed by atoms with van der Waals surface area (Å²) < 4.78 is 0. The van der Waals surface area contributed by atoms with Crippen LogP contribution in [0.4, 0.5) is 0 Å². The van der Waals surface area contributed by atoms with Gasteiger partial charge in [0, 0.05) is 18.5 Å². The third-order valence-corrected chi connectivity index (χ3v) is 3.04. The Morgan fingerprint density at radius 1 is 1.58 bits per heavy atom. The van der Waals surface area contributed by atoms with Gasteiger partial charge in [0.1, 0.15) is 0 Å². The SMILES string of the molecule is CCCC1(C)CN(C)CCC1O. The van der Waals surface area contributed by atoms with E-state index in [2.05, 4.69) is 25.8 Å². The van der Waals surface area contributed by atoms with Crippen molar-refractivity contribution in [3.05, 3.63) is 0 Å². The number of likely N-dealkylation sites (tertiary alicyclic amines) is 1. The van der Waals surface area contributed by atoms with Crippen LogP contribution >= 0.6 is 0 Å². The minimum absolute atomic E-state index is 0.0892. The average molecular weight is 171 g/mol. The van der Waals surface area contributed by atoms with Crippen molar-refractivity contribution in [2.24, 2.45) is 5.41 Å². The fourth-order valence-electron chi connectivity index (χ4n) is 2.31. The number of hydrogen-bond donors (Lipinski definition) is 1. The summed E-state index contributed by atoms with van der Waals surface area (Å²) in [5.41, 5.74) is 0.141. The quantitative estimate of drug-likeness (QED) is 0.680. The number of aliphatic hydroxyl groups is 1. The average Bonchev–Trinajstić information content (AvgIpc) is 1.98. The Bertz CT molecular complexity index is 149. The normalized spacial score (nSPS) is 38.5. The minimum atomic E-state index is -0.0892. The lowest BCUT2D eigenvalue weighted by atomic mass is 9.76. The molecule has 0 aliphatic carbocycles. The van der Waals surface area contributed by atoms with Gasteiger partial charge in [-0.3, -0.25) is 0 Å². The van der Waals surface area contributed by atoms with E-state index < -0.39 is 0 Å². The van der Waals surface area contributed by atoms with Crippen molar-refractivity contribution in [3.63, 3.8) is 0 Å². The first-order valence-corrected chi connectivity index (χ1v) is 4.95. The summed E-state index contributed by atoms with van der Waals surface area (Å²) in [5.74, 6) is 0. The van der Waals surface area contributed by atoms with Crippen LogP contribution in [0, 0.1) is 5.41 Å². The predicted molar refractivity (Wildman–Crippen MR) is 51.1 cm³/mol. The van der Waals surface area contributed by atoms with Gasteiger partial charge in [0.05, 0.1) is 6.10 Å². The number of rotatable bonds is 2. The Hall–Kier alpha value is -0.0800. The van der Waals surface area contributed by atoms with Gasteiger partial charge in [-0.15, -0.1) is 0 Å². The van der Waals surface area contributed by atoms with E-state index in [9.17, 15) is 5.11 Å². The van der Waals surface area contributed by atoms with E-state index in [0.717, 1.165) is 25.9 Å². The molecule has 12 heavy (non-hydrogen) atoms. The van der Waals surface area contributed by atoms with Gasteiger partial charge >= 0.3 is 0 Å². The largest absolute Gasteiger partial charge is 0.392 e. The van der Waals surface area contributed by atoms with Gasteiger partial charge in [-0.05, 0) is 19.9 Å². The van der Waals surface area contributed by atoms with E-state index in [4.69, 9.17) is 0 Å². The molecule has 0 radical (unpaired) electrons. The lowest BCUT2D eigenvalue weighted by Crippen LogP contribution is -2.48. The van der Waals surface area contributed by atoms with E-state index in [1.807, 2.05) is 0 Å². The Morgan fingerprint density at radius 2 is 2.25 bits per heavy atom. The van der Waals surface area contributed by atoms with Crippen LogP contribution in [-0.2, 0) is 0 Å². The molecule has 1 saturated heterocycles. The molecule has 0 spiro atoms. The molecule has 0 aromatic carbocycles. The lowest BCUT2D eigenvalue weighted by molar-refractivity contribution is -0.0331. The number of hydrogen-bond acceptors (Lipinski definition) is 2. The van der Waals surface area contributed by atoms with Crippen molar-refractivity contribution in [2.45, 2.75) is 39.2 Å². The molecule has 0 aromatic heterocycles. The number of piperidine rings is 1. The first-order valence-electron chi connectivity index (χ1n) is 4.95. The Morgan fingerprint density at radius 3 is 2.83 bits per heavy atom. The van der Waals surface area contributed by atoms with Gasteiger partial charge in [-0.1, -0.05) is 20.3 Å². The summed E-state index contributed by atoms with van der Waals surface area (Å²) in [7, 11) is 2.14. The highest BCUT2D eigenvalue weighted by Crippen LogP contribution is 2.33. The first-order chi connectivity index (χ1) is 5.58. The van der Waals surface area contributed by atoms with Crippen LogP contribution in [-0.4, -0.2) is 36.2 Å². The molecule has 1 rings (SSSR count). The third kappa shape index (κ3) is 1.99. The van der Waals surface area contributed by atoms with Gasteiger partial charge in [0.2, 0.25) is 0 Å². The predicted octanol–water partition coefficient (Wildman–Crippen LogP) is 1.49. The standard InChI is InChI=1S/C10H21NO/c1-4-6-10(2)8-11(3)7-5-9(10)12/h9,12H,4-8H2,1-3H3. The summed E-state index contributed by atoms with van der Waals surface area (Å²) in [5, 5.41) is 9.85. The van der Waals surface area contributed by atoms with Crippen molar-refractivity contribution in [1.82, 2.24) is 4.90 Å². The zero-order valence-electron chi connectivity index (χ0n) is 8.51. The van der Waals surface area contributed by atoms with Crippen molar-refractivity contribution in [3.8, 4) is 0 Å². The topological polar surface area (TPSA) is 23.5 Å². The molecule has 1 N–H and O–H groups in total. The molecule has 2 atom stereocenters. The molecule has 0 amide bonds. The first kappa shape index (κ1) is 10.0. The molecule has 2 unspecified atom stereocenters. The van der Waals surface area contributed by atoms with Gasteiger partial charge in [0.15, 0.2) is 0 Å². The maximum Gasteiger partial charge on any atom is 0.0618 e. The van der Waals surface area contributed by atoms with Crippen LogP contribution in [0.15, 0.2) is 0 Å². The molecule has 1 fully saturated rings. The highest BCUT2D eigenvalue weighted by molar-refractivity contribution is 4.88. The summed E-state index contributed by atoms with van der Waals surface area (Å²) in [6.07, 6.45) is 3.15. The van der Waals surface area contributed by atoms with Gasteiger partial charge in [-0.25, -0.2) is 0 Å². The second kappa shape index (κ2) is 3.75. The molecule has 1 heterocycles. The molecule has 72 valence electrons. The lowest BCUT2D eigenvalue weighted by Gasteiger charge is -2.42. The molecule has 1 aliphatic rings. The molecule has 0 bridgehead atoms. The van der Waals surface area contributed by atoms with E-state index in [-0.39, 0.29) is 11.5 Å². The summed E-state index contributed by atoms with van der Waals surface area (Å²) >= 11 is 0. The fraction of sp³-hybridized carbons (Fsp3) is 1.00. The zero-order valence-corrected chi connectivity index (χ0v) is 8.51. The summed E-state index contributed by atoms with van der Waals surface area (Å²) in [6, 6.07) is 0. The maximum absolute atomic E-state index is 9.85. The highest BCUT2D eigenvalue weighted by atomic mass is 16.3. The van der Waals surface area contributed by atoms with Crippen molar-refractivity contribution in [1.29, 1.82) is 0 Å². The molecule has 0 saturated carbocycles. The van der Waals surface area contributed by atoms with Crippen LogP contribution < -0.4 is 0 Å². The third-order valence-electron chi connectivity index (χ3n) is 3.04. The van der Waals surface area contributed by atoms with Crippen LogP contribution in [0.5, 0.6) is 0 Å². The van der Waals surface area contributed by atoms with Crippen LogP contribution in [0.1, 0.15) is 33.1 Å². The number of aliphatic hydroxyl groups excluding tert-OH is 1. The van der Waals surface area contributed by atoms with Gasteiger partial charge < -0.3 is 10.0 Å². The zero-order chi connectivity index (χ0) is 9.19. The molecule has 2 nitrogen and oxygen atoms in total. The Kier molecular flexibility index (Phi) is 3.13. The second-order valence-corrected chi connectivity index (χ2v) is 4.45. The summed E-state index contributed by atoms with van der Waals surface area (Å²) in [4.78, 5) is 2.32. The Balaban J connectivity index is 2.57. The maximum atomic E-state index is 9.85. The van der Waals surface area contributed by atoms with E-state index >= 15 is 0 Å². The molecule has 2 heteroatoms. The second-order valence-electron chi connectivity index (χ2n) is 4.45. The highest BCUT2D eigenvalue weighted by Gasteiger charge is 2.36. The van der Waals surface area contributed by atoms with Crippen LogP contribution in [0.2, 0.25) is 0 Å². The molecular formula is C10H21NO.